The van der Waals surface area contributed by atoms with Crippen molar-refractivity contribution < 1.29 is 13.9 Å². The maximum Gasteiger partial charge on any atom is 0.227 e. The van der Waals surface area contributed by atoms with Gasteiger partial charge in [0, 0.05) is 29.7 Å². The Morgan fingerprint density at radius 1 is 1.19 bits per heavy atom. The molecule has 0 N–H and O–H groups in total. The summed E-state index contributed by atoms with van der Waals surface area (Å²) in [5, 5.41) is 0.111. The van der Waals surface area contributed by atoms with Gasteiger partial charge in [-0.1, -0.05) is 30.3 Å². The molecule has 138 valence electrons. The molecule has 0 saturated carbocycles. The van der Waals surface area contributed by atoms with Crippen LogP contribution < -0.4 is 4.74 Å². The molecule has 3 nitrogen and oxygen atoms in total. The molecule has 1 fully saturated rings. The van der Waals surface area contributed by atoms with Crippen molar-refractivity contribution in [3.63, 3.8) is 0 Å². The first-order valence-corrected chi connectivity index (χ1v) is 10.1. The van der Waals surface area contributed by atoms with Crippen LogP contribution in [0.3, 0.4) is 0 Å². The summed E-state index contributed by atoms with van der Waals surface area (Å²) < 4.78 is 19.5. The number of carbonyl (C=O) groups excluding carboxylic acids is 1. The Labute approximate surface area is 158 Å². The molecule has 1 atom stereocenters. The summed E-state index contributed by atoms with van der Waals surface area (Å²) in [4.78, 5) is 14.6. The van der Waals surface area contributed by atoms with E-state index >= 15 is 0 Å². The van der Waals surface area contributed by atoms with E-state index in [9.17, 15) is 9.18 Å². The second-order valence-electron chi connectivity index (χ2n) is 6.30. The van der Waals surface area contributed by atoms with E-state index in [0.29, 0.717) is 26.1 Å². The van der Waals surface area contributed by atoms with Crippen LogP contribution in [-0.4, -0.2) is 36.3 Å². The minimum atomic E-state index is -0.154. The number of hydrogen-bond donors (Lipinski definition) is 0. The molecule has 1 aliphatic rings. The number of carbonyl (C=O) groups is 1. The van der Waals surface area contributed by atoms with Gasteiger partial charge in [0.2, 0.25) is 5.91 Å². The highest BCUT2D eigenvalue weighted by atomic mass is 32.2. The molecule has 5 heteroatoms. The van der Waals surface area contributed by atoms with Gasteiger partial charge in [0.15, 0.2) is 0 Å². The topological polar surface area (TPSA) is 29.5 Å². The van der Waals surface area contributed by atoms with Gasteiger partial charge < -0.3 is 9.64 Å². The van der Waals surface area contributed by atoms with E-state index in [1.165, 1.54) is 6.07 Å². The summed E-state index contributed by atoms with van der Waals surface area (Å²) in [5.41, 5.74) is 1.74. The van der Waals surface area contributed by atoms with Crippen molar-refractivity contribution >= 4 is 17.7 Å². The number of halogens is 1. The van der Waals surface area contributed by atoms with Crippen LogP contribution in [-0.2, 0) is 11.2 Å². The fourth-order valence-corrected chi connectivity index (χ4v) is 4.41. The Morgan fingerprint density at radius 2 is 1.96 bits per heavy atom. The maximum atomic E-state index is 14.0. The number of nitrogens with zero attached hydrogens (tertiary/aromatic N) is 1. The first kappa shape index (κ1) is 18.8. The molecule has 1 saturated heterocycles. The minimum absolute atomic E-state index is 0.111. The first-order valence-electron chi connectivity index (χ1n) is 9.03. The second kappa shape index (κ2) is 9.08. The smallest absolute Gasteiger partial charge is 0.227 e. The van der Waals surface area contributed by atoms with Crippen LogP contribution in [0.1, 0.15) is 29.7 Å². The van der Waals surface area contributed by atoms with Crippen LogP contribution in [0, 0.1) is 5.82 Å². The van der Waals surface area contributed by atoms with Crippen molar-refractivity contribution in [2.45, 2.75) is 25.0 Å². The van der Waals surface area contributed by atoms with Gasteiger partial charge in [-0.2, -0.15) is 11.8 Å². The zero-order chi connectivity index (χ0) is 18.4. The van der Waals surface area contributed by atoms with Crippen molar-refractivity contribution in [2.75, 3.05) is 25.4 Å². The van der Waals surface area contributed by atoms with Crippen LogP contribution in [0.25, 0.3) is 0 Å². The molecular weight excluding hydrogens is 349 g/mol. The molecule has 0 bridgehead atoms. The first-order chi connectivity index (χ1) is 12.7. The number of amides is 1. The van der Waals surface area contributed by atoms with E-state index in [1.807, 2.05) is 48.2 Å². The van der Waals surface area contributed by atoms with Crippen LogP contribution in [0.15, 0.2) is 48.5 Å². The summed E-state index contributed by atoms with van der Waals surface area (Å²) in [7, 11) is 0. The molecule has 1 aliphatic heterocycles. The molecule has 1 heterocycles. The van der Waals surface area contributed by atoms with E-state index in [4.69, 9.17) is 4.74 Å². The molecular formula is C21H24FNO2S. The van der Waals surface area contributed by atoms with E-state index < -0.39 is 0 Å². The zero-order valence-electron chi connectivity index (χ0n) is 15.0. The van der Waals surface area contributed by atoms with E-state index in [0.717, 1.165) is 29.1 Å². The molecule has 1 amide bonds. The molecule has 3 rings (SSSR count). The standard InChI is InChI=1S/C21H24FNO2S/c1-2-25-17-9-7-16(8-10-17)15-21(24)23-12-11-20(26-14-13-23)18-5-3-4-6-19(18)22/h3-10,20H,2,11-15H2,1H3. The minimum Gasteiger partial charge on any atom is -0.494 e. The number of thioether (sulfide) groups is 1. The lowest BCUT2D eigenvalue weighted by molar-refractivity contribution is -0.130. The van der Waals surface area contributed by atoms with Gasteiger partial charge in [0.05, 0.1) is 13.0 Å². The second-order valence-corrected chi connectivity index (χ2v) is 7.61. The normalized spacial score (nSPS) is 17.6. The molecule has 0 aromatic heterocycles. The summed E-state index contributed by atoms with van der Waals surface area (Å²) in [6, 6.07) is 14.6. The third-order valence-electron chi connectivity index (χ3n) is 4.54. The molecule has 26 heavy (non-hydrogen) atoms. The quantitative estimate of drug-likeness (QED) is 0.774. The lowest BCUT2D eigenvalue weighted by Crippen LogP contribution is -2.34. The van der Waals surface area contributed by atoms with Crippen molar-refractivity contribution in [2.24, 2.45) is 0 Å². The van der Waals surface area contributed by atoms with Crippen LogP contribution in [0.4, 0.5) is 4.39 Å². The maximum absolute atomic E-state index is 14.0. The predicted octanol–water partition coefficient (Wildman–Crippen LogP) is 4.47. The Morgan fingerprint density at radius 3 is 2.69 bits per heavy atom. The summed E-state index contributed by atoms with van der Waals surface area (Å²) in [6.07, 6.45) is 1.17. The summed E-state index contributed by atoms with van der Waals surface area (Å²) in [6.45, 7) is 3.96. The third-order valence-corrected chi connectivity index (χ3v) is 5.85. The lowest BCUT2D eigenvalue weighted by atomic mass is 10.1. The molecule has 0 aliphatic carbocycles. The van der Waals surface area contributed by atoms with E-state index in [2.05, 4.69) is 0 Å². The van der Waals surface area contributed by atoms with Gasteiger partial charge in [-0.3, -0.25) is 4.79 Å². The van der Waals surface area contributed by atoms with Crippen molar-refractivity contribution in [1.82, 2.24) is 4.90 Å². The average Bonchev–Trinajstić information content (AvgIpc) is 2.90. The van der Waals surface area contributed by atoms with Gasteiger partial charge in [0.1, 0.15) is 11.6 Å². The number of hydrogen-bond acceptors (Lipinski definition) is 3. The Bertz CT molecular complexity index is 735. The highest BCUT2D eigenvalue weighted by Gasteiger charge is 2.23. The monoisotopic (exact) mass is 373 g/mol. The molecule has 2 aromatic rings. The number of ether oxygens (including phenoxy) is 1. The number of benzene rings is 2. The largest absolute Gasteiger partial charge is 0.494 e. The Kier molecular flexibility index (Phi) is 6.56. The highest BCUT2D eigenvalue weighted by Crippen LogP contribution is 2.35. The van der Waals surface area contributed by atoms with Gasteiger partial charge in [0.25, 0.3) is 0 Å². The Balaban J connectivity index is 1.58. The number of rotatable bonds is 5. The molecule has 0 spiro atoms. The van der Waals surface area contributed by atoms with Gasteiger partial charge >= 0.3 is 0 Å². The van der Waals surface area contributed by atoms with Gasteiger partial charge in [-0.15, -0.1) is 0 Å². The molecule has 2 aromatic carbocycles. The van der Waals surface area contributed by atoms with E-state index in [1.54, 1.807) is 17.8 Å². The Hall–Kier alpha value is -2.01. The summed E-state index contributed by atoms with van der Waals surface area (Å²) >= 11 is 1.74. The third kappa shape index (κ3) is 4.79. The van der Waals surface area contributed by atoms with Crippen LogP contribution in [0.2, 0.25) is 0 Å². The fraction of sp³-hybridized carbons (Fsp3) is 0.381. The van der Waals surface area contributed by atoms with Crippen LogP contribution in [0.5, 0.6) is 5.75 Å². The van der Waals surface area contributed by atoms with Crippen molar-refractivity contribution in [3.8, 4) is 5.75 Å². The van der Waals surface area contributed by atoms with Crippen molar-refractivity contribution in [3.05, 3.63) is 65.5 Å². The van der Waals surface area contributed by atoms with Crippen LogP contribution >= 0.6 is 11.8 Å². The van der Waals surface area contributed by atoms with E-state index in [-0.39, 0.29) is 17.0 Å². The predicted molar refractivity (Wildman–Crippen MR) is 104 cm³/mol. The zero-order valence-corrected chi connectivity index (χ0v) is 15.8. The highest BCUT2D eigenvalue weighted by molar-refractivity contribution is 7.99. The fourth-order valence-electron chi connectivity index (χ4n) is 3.16. The van der Waals surface area contributed by atoms with Gasteiger partial charge in [-0.05, 0) is 37.1 Å². The lowest BCUT2D eigenvalue weighted by Gasteiger charge is -2.20. The average molecular weight is 373 g/mol. The summed E-state index contributed by atoms with van der Waals surface area (Å²) in [5.74, 6) is 1.62. The SMILES string of the molecule is CCOc1ccc(CC(=O)N2CCSC(c3ccccc3F)CC2)cc1. The molecule has 0 radical (unpaired) electrons. The molecule has 1 unspecified atom stereocenters. The van der Waals surface area contributed by atoms with Crippen molar-refractivity contribution in [1.29, 1.82) is 0 Å². The van der Waals surface area contributed by atoms with Gasteiger partial charge in [-0.25, -0.2) is 4.39 Å².